The summed E-state index contributed by atoms with van der Waals surface area (Å²) in [5.41, 5.74) is 1.74. The van der Waals surface area contributed by atoms with Crippen molar-refractivity contribution in [3.63, 3.8) is 0 Å². The summed E-state index contributed by atoms with van der Waals surface area (Å²) in [6.45, 7) is 8.34. The maximum absolute atomic E-state index is 4.52. The fourth-order valence-corrected chi connectivity index (χ4v) is 4.01. The monoisotopic (exact) mass is 314 g/mol. The van der Waals surface area contributed by atoms with Crippen molar-refractivity contribution in [2.75, 3.05) is 37.6 Å². The van der Waals surface area contributed by atoms with Gasteiger partial charge in [0.15, 0.2) is 11.5 Å². The van der Waals surface area contributed by atoms with E-state index in [9.17, 15) is 0 Å². The van der Waals surface area contributed by atoms with Crippen molar-refractivity contribution >= 4 is 17.0 Å². The van der Waals surface area contributed by atoms with Crippen LogP contribution >= 0.6 is 0 Å². The summed E-state index contributed by atoms with van der Waals surface area (Å²) in [7, 11) is 0. The van der Waals surface area contributed by atoms with Crippen LogP contribution in [0.25, 0.3) is 11.2 Å². The molecule has 2 aromatic heterocycles. The fraction of sp³-hybridized carbons (Fsp3) is 0.706. The molecule has 23 heavy (non-hydrogen) atoms. The second-order valence-electron chi connectivity index (χ2n) is 7.24. The average molecular weight is 314 g/mol. The van der Waals surface area contributed by atoms with Crippen molar-refractivity contribution in [3.05, 3.63) is 12.7 Å². The van der Waals surface area contributed by atoms with Crippen molar-refractivity contribution in [1.29, 1.82) is 0 Å². The van der Waals surface area contributed by atoms with E-state index in [4.69, 9.17) is 0 Å². The number of nitrogens with zero attached hydrogens (tertiary/aromatic N) is 5. The third-order valence-corrected chi connectivity index (χ3v) is 5.41. The zero-order chi connectivity index (χ0) is 15.6. The maximum Gasteiger partial charge on any atom is 0.182 e. The molecule has 1 unspecified atom stereocenters. The fourth-order valence-electron chi connectivity index (χ4n) is 4.01. The molecule has 6 heteroatoms. The molecule has 1 N–H and O–H groups in total. The zero-order valence-electron chi connectivity index (χ0n) is 13.9. The first-order chi connectivity index (χ1) is 11.3. The van der Waals surface area contributed by atoms with Crippen LogP contribution in [-0.4, -0.2) is 57.6 Å². The number of anilines is 1. The number of aromatic nitrogens is 4. The van der Waals surface area contributed by atoms with Gasteiger partial charge in [-0.2, -0.15) is 0 Å². The van der Waals surface area contributed by atoms with Gasteiger partial charge in [-0.05, 0) is 50.6 Å². The highest BCUT2D eigenvalue weighted by Gasteiger charge is 2.26. The van der Waals surface area contributed by atoms with Crippen LogP contribution in [0.4, 0.5) is 5.82 Å². The summed E-state index contributed by atoms with van der Waals surface area (Å²) in [6.07, 6.45) is 8.63. The lowest BCUT2D eigenvalue weighted by atomic mass is 9.94. The molecule has 0 amide bonds. The molecular formula is C17H26N6. The normalized spacial score (nSPS) is 24.4. The van der Waals surface area contributed by atoms with Gasteiger partial charge in [0.2, 0.25) is 0 Å². The van der Waals surface area contributed by atoms with Crippen LogP contribution in [0.1, 0.15) is 32.6 Å². The molecule has 0 aromatic carbocycles. The number of nitrogens with one attached hydrogen (secondary N) is 1. The lowest BCUT2D eigenvalue weighted by molar-refractivity contribution is 0.159. The first-order valence-electron chi connectivity index (χ1n) is 8.91. The van der Waals surface area contributed by atoms with Gasteiger partial charge < -0.3 is 14.8 Å². The predicted octanol–water partition coefficient (Wildman–Crippen LogP) is 2.30. The Kier molecular flexibility index (Phi) is 4.16. The van der Waals surface area contributed by atoms with E-state index in [1.807, 2.05) is 0 Å². The number of imidazole rings is 1. The summed E-state index contributed by atoms with van der Waals surface area (Å²) in [4.78, 5) is 21.3. The number of hydrogen-bond donors (Lipinski definition) is 1. The molecule has 4 heterocycles. The van der Waals surface area contributed by atoms with E-state index in [0.29, 0.717) is 0 Å². The van der Waals surface area contributed by atoms with E-state index in [1.165, 1.54) is 45.3 Å². The van der Waals surface area contributed by atoms with E-state index in [0.717, 1.165) is 41.9 Å². The minimum absolute atomic E-state index is 0.741. The van der Waals surface area contributed by atoms with Gasteiger partial charge in [-0.1, -0.05) is 6.92 Å². The Bertz CT molecular complexity index is 645. The number of likely N-dealkylation sites (tertiary alicyclic amines) is 1. The molecule has 2 saturated heterocycles. The first kappa shape index (κ1) is 14.9. The van der Waals surface area contributed by atoms with Crippen molar-refractivity contribution in [2.24, 2.45) is 11.8 Å². The molecule has 2 aliphatic heterocycles. The Labute approximate surface area is 137 Å². The molecule has 0 saturated carbocycles. The molecule has 0 bridgehead atoms. The summed E-state index contributed by atoms with van der Waals surface area (Å²) < 4.78 is 0. The minimum Gasteiger partial charge on any atom is -0.354 e. The highest BCUT2D eigenvalue weighted by atomic mass is 15.2. The van der Waals surface area contributed by atoms with Crippen molar-refractivity contribution < 1.29 is 0 Å². The van der Waals surface area contributed by atoms with E-state index in [-0.39, 0.29) is 0 Å². The largest absolute Gasteiger partial charge is 0.354 e. The van der Waals surface area contributed by atoms with E-state index >= 15 is 0 Å². The Morgan fingerprint density at radius 2 is 2.00 bits per heavy atom. The van der Waals surface area contributed by atoms with Gasteiger partial charge in [0.1, 0.15) is 11.8 Å². The van der Waals surface area contributed by atoms with Gasteiger partial charge in [-0.15, -0.1) is 0 Å². The van der Waals surface area contributed by atoms with Gasteiger partial charge in [0.05, 0.1) is 6.33 Å². The topological polar surface area (TPSA) is 60.9 Å². The molecular weight excluding hydrogens is 288 g/mol. The Morgan fingerprint density at radius 1 is 1.13 bits per heavy atom. The summed E-state index contributed by atoms with van der Waals surface area (Å²) in [5.74, 6) is 2.67. The predicted molar refractivity (Wildman–Crippen MR) is 91.5 cm³/mol. The maximum atomic E-state index is 4.52. The second kappa shape index (κ2) is 6.43. The quantitative estimate of drug-likeness (QED) is 0.942. The van der Waals surface area contributed by atoms with E-state index in [1.54, 1.807) is 12.7 Å². The van der Waals surface area contributed by atoms with Crippen molar-refractivity contribution in [2.45, 2.75) is 32.6 Å². The van der Waals surface area contributed by atoms with E-state index < -0.39 is 0 Å². The number of piperidine rings is 2. The zero-order valence-corrected chi connectivity index (χ0v) is 13.9. The molecule has 2 fully saturated rings. The second-order valence-corrected chi connectivity index (χ2v) is 7.24. The smallest absolute Gasteiger partial charge is 0.182 e. The number of fused-ring (bicyclic) bond motifs is 1. The number of rotatable bonds is 3. The van der Waals surface area contributed by atoms with Gasteiger partial charge in [0, 0.05) is 19.6 Å². The molecule has 0 radical (unpaired) electrons. The molecule has 1 atom stereocenters. The number of H-pyrrole nitrogens is 1. The Balaban J connectivity index is 1.44. The molecule has 0 aliphatic carbocycles. The molecule has 124 valence electrons. The molecule has 6 nitrogen and oxygen atoms in total. The average Bonchev–Trinajstić information content (AvgIpc) is 3.06. The van der Waals surface area contributed by atoms with Crippen LogP contribution in [0, 0.1) is 11.8 Å². The van der Waals surface area contributed by atoms with Crippen LogP contribution in [0.2, 0.25) is 0 Å². The highest BCUT2D eigenvalue weighted by Crippen LogP contribution is 2.27. The van der Waals surface area contributed by atoms with Crippen LogP contribution < -0.4 is 4.90 Å². The van der Waals surface area contributed by atoms with Gasteiger partial charge in [0.25, 0.3) is 0 Å². The van der Waals surface area contributed by atoms with Crippen molar-refractivity contribution in [1.82, 2.24) is 24.8 Å². The Morgan fingerprint density at radius 3 is 2.87 bits per heavy atom. The minimum atomic E-state index is 0.741. The molecule has 2 aromatic rings. The third kappa shape index (κ3) is 3.17. The first-order valence-corrected chi connectivity index (χ1v) is 8.91. The number of aromatic amines is 1. The van der Waals surface area contributed by atoms with Crippen LogP contribution in [0.15, 0.2) is 12.7 Å². The molecule has 0 spiro atoms. The summed E-state index contributed by atoms with van der Waals surface area (Å²) >= 11 is 0. The number of hydrogen-bond acceptors (Lipinski definition) is 5. The van der Waals surface area contributed by atoms with Crippen LogP contribution in [-0.2, 0) is 0 Å². The van der Waals surface area contributed by atoms with E-state index in [2.05, 4.69) is 36.7 Å². The van der Waals surface area contributed by atoms with Gasteiger partial charge >= 0.3 is 0 Å². The van der Waals surface area contributed by atoms with Crippen LogP contribution in [0.5, 0.6) is 0 Å². The third-order valence-electron chi connectivity index (χ3n) is 5.41. The SMILES string of the molecule is CC1CCN(CC2CCCN(c3ncnc4nc[nH]c34)C2)CC1. The molecule has 4 rings (SSSR count). The Hall–Kier alpha value is -1.69. The highest BCUT2D eigenvalue weighted by molar-refractivity contribution is 5.82. The van der Waals surface area contributed by atoms with Crippen LogP contribution in [0.3, 0.4) is 0 Å². The molecule has 2 aliphatic rings. The van der Waals surface area contributed by atoms with Gasteiger partial charge in [-0.3, -0.25) is 0 Å². The standard InChI is InChI=1S/C17H26N6/c1-13-4-7-22(8-5-13)9-14-3-2-6-23(10-14)17-15-16(19-11-18-15)20-12-21-17/h11-14H,2-10H2,1H3,(H,18,19,20,21). The van der Waals surface area contributed by atoms with Gasteiger partial charge in [-0.25, -0.2) is 15.0 Å². The lowest BCUT2D eigenvalue weighted by Gasteiger charge is -2.38. The summed E-state index contributed by atoms with van der Waals surface area (Å²) in [6, 6.07) is 0. The summed E-state index contributed by atoms with van der Waals surface area (Å²) in [5, 5.41) is 0. The van der Waals surface area contributed by atoms with Crippen molar-refractivity contribution in [3.8, 4) is 0 Å². The lowest BCUT2D eigenvalue weighted by Crippen LogP contribution is -2.43.